The lowest BCUT2D eigenvalue weighted by atomic mass is 9.95. The standard InChI is InChI=1S/C32H45N5O3/c1-5-8-19-40-30-22-26(13-14-33-30)31-25(7-3)23-34-32(36(31)4)35-28-11-12-29(27(21-28)24-38-18-6-2)39-20-17-37-15-9-10-16-37/h5-6,11-14,21-23,31-32,34-35H,1-2,7-10,15-20,24H2,3-4H3. The maximum Gasteiger partial charge on any atom is 0.213 e. The number of hydrogen-bond donors (Lipinski definition) is 2. The third-order valence-electron chi connectivity index (χ3n) is 7.37. The second-order valence-electron chi connectivity index (χ2n) is 10.2. The molecular weight excluding hydrogens is 502 g/mol. The molecule has 2 N–H and O–H groups in total. The van der Waals surface area contributed by atoms with Crippen molar-refractivity contribution in [3.63, 3.8) is 0 Å². The van der Waals surface area contributed by atoms with Crippen molar-refractivity contribution >= 4 is 5.69 Å². The lowest BCUT2D eigenvalue weighted by molar-refractivity contribution is 0.144. The van der Waals surface area contributed by atoms with Gasteiger partial charge in [0.25, 0.3) is 0 Å². The Morgan fingerprint density at radius 2 is 1.95 bits per heavy atom. The maximum absolute atomic E-state index is 6.21. The van der Waals surface area contributed by atoms with Crippen LogP contribution >= 0.6 is 0 Å². The molecule has 40 heavy (non-hydrogen) atoms. The fourth-order valence-electron chi connectivity index (χ4n) is 5.23. The van der Waals surface area contributed by atoms with E-state index in [-0.39, 0.29) is 12.3 Å². The van der Waals surface area contributed by atoms with Crippen molar-refractivity contribution in [3.8, 4) is 11.6 Å². The fourth-order valence-corrected chi connectivity index (χ4v) is 5.23. The van der Waals surface area contributed by atoms with Gasteiger partial charge in [-0.15, -0.1) is 13.2 Å². The Morgan fingerprint density at radius 3 is 2.73 bits per heavy atom. The first kappa shape index (κ1) is 29.6. The van der Waals surface area contributed by atoms with Gasteiger partial charge >= 0.3 is 0 Å². The molecule has 2 aliphatic heterocycles. The zero-order valence-corrected chi connectivity index (χ0v) is 24.1. The molecule has 1 saturated heterocycles. The summed E-state index contributed by atoms with van der Waals surface area (Å²) in [4.78, 5) is 9.16. The molecule has 1 aromatic carbocycles. The van der Waals surface area contributed by atoms with Crippen molar-refractivity contribution in [3.05, 3.63) is 84.7 Å². The first-order valence-electron chi connectivity index (χ1n) is 14.4. The van der Waals surface area contributed by atoms with Crippen LogP contribution in [0.4, 0.5) is 5.69 Å². The average molecular weight is 548 g/mol. The van der Waals surface area contributed by atoms with Crippen LogP contribution in [0.1, 0.15) is 49.8 Å². The number of pyridine rings is 1. The largest absolute Gasteiger partial charge is 0.492 e. The minimum atomic E-state index is -0.123. The molecule has 1 fully saturated rings. The summed E-state index contributed by atoms with van der Waals surface area (Å²) in [5, 5.41) is 7.20. The number of likely N-dealkylation sites (tertiary alicyclic amines) is 1. The Hall–Kier alpha value is -3.33. The van der Waals surface area contributed by atoms with Crippen molar-refractivity contribution in [2.24, 2.45) is 0 Å². The monoisotopic (exact) mass is 547 g/mol. The van der Waals surface area contributed by atoms with E-state index in [1.165, 1.54) is 31.5 Å². The van der Waals surface area contributed by atoms with Crippen LogP contribution in [-0.4, -0.2) is 67.6 Å². The van der Waals surface area contributed by atoms with Crippen LogP contribution in [0.25, 0.3) is 0 Å². The van der Waals surface area contributed by atoms with Crippen LogP contribution in [0.3, 0.4) is 0 Å². The molecule has 0 radical (unpaired) electrons. The number of anilines is 1. The van der Waals surface area contributed by atoms with Crippen molar-refractivity contribution in [2.45, 2.75) is 51.5 Å². The predicted molar refractivity (Wildman–Crippen MR) is 161 cm³/mol. The van der Waals surface area contributed by atoms with Crippen LogP contribution in [0.5, 0.6) is 11.6 Å². The highest BCUT2D eigenvalue weighted by Gasteiger charge is 2.30. The minimum absolute atomic E-state index is 0.0806. The maximum atomic E-state index is 6.21. The smallest absolute Gasteiger partial charge is 0.213 e. The first-order chi connectivity index (χ1) is 19.6. The molecule has 2 atom stereocenters. The molecule has 1 aromatic heterocycles. The molecule has 3 heterocycles. The summed E-state index contributed by atoms with van der Waals surface area (Å²) in [6, 6.07) is 10.4. The van der Waals surface area contributed by atoms with Crippen LogP contribution in [0.15, 0.2) is 73.6 Å². The lowest BCUT2D eigenvalue weighted by Crippen LogP contribution is -2.52. The van der Waals surface area contributed by atoms with E-state index in [1.54, 1.807) is 6.08 Å². The Bertz CT molecular complexity index is 1130. The van der Waals surface area contributed by atoms with Gasteiger partial charge in [0.15, 0.2) is 6.29 Å². The van der Waals surface area contributed by atoms with Gasteiger partial charge in [0, 0.05) is 36.3 Å². The van der Waals surface area contributed by atoms with Crippen LogP contribution < -0.4 is 20.1 Å². The average Bonchev–Trinajstić information content (AvgIpc) is 3.49. The van der Waals surface area contributed by atoms with Crippen molar-refractivity contribution < 1.29 is 14.2 Å². The van der Waals surface area contributed by atoms with Gasteiger partial charge in [-0.3, -0.25) is 9.80 Å². The quantitative estimate of drug-likeness (QED) is 0.212. The fraction of sp³-hybridized carbons (Fsp3) is 0.469. The van der Waals surface area contributed by atoms with E-state index in [4.69, 9.17) is 14.2 Å². The van der Waals surface area contributed by atoms with Crippen molar-refractivity contribution in [1.29, 1.82) is 0 Å². The normalized spacial score (nSPS) is 19.5. The van der Waals surface area contributed by atoms with Gasteiger partial charge in [-0.05, 0) is 81.2 Å². The highest BCUT2D eigenvalue weighted by atomic mass is 16.5. The van der Waals surface area contributed by atoms with Gasteiger partial charge in [0.05, 0.1) is 25.9 Å². The topological polar surface area (TPSA) is 71.1 Å². The zero-order chi connectivity index (χ0) is 28.2. The van der Waals surface area contributed by atoms with Crippen molar-refractivity contribution in [1.82, 2.24) is 20.1 Å². The Labute approximate surface area is 239 Å². The van der Waals surface area contributed by atoms with E-state index in [0.29, 0.717) is 32.3 Å². The number of nitrogens with zero attached hydrogens (tertiary/aromatic N) is 3. The van der Waals surface area contributed by atoms with Gasteiger partial charge in [-0.25, -0.2) is 4.98 Å². The number of likely N-dealkylation sites (N-methyl/N-ethyl adjacent to an activating group) is 1. The number of nitrogens with one attached hydrogen (secondary N) is 2. The summed E-state index contributed by atoms with van der Waals surface area (Å²) in [7, 11) is 2.13. The van der Waals surface area contributed by atoms with Gasteiger partial charge < -0.3 is 24.8 Å². The number of hydrogen-bond acceptors (Lipinski definition) is 8. The Kier molecular flexibility index (Phi) is 11.5. The predicted octanol–water partition coefficient (Wildman–Crippen LogP) is 5.48. The number of benzene rings is 1. The van der Waals surface area contributed by atoms with Crippen LogP contribution in [-0.2, 0) is 11.3 Å². The molecule has 2 aliphatic rings. The second-order valence-corrected chi connectivity index (χ2v) is 10.2. The summed E-state index contributed by atoms with van der Waals surface area (Å²) in [5.74, 6) is 1.50. The van der Waals surface area contributed by atoms with E-state index in [0.717, 1.165) is 42.0 Å². The molecule has 216 valence electrons. The van der Waals surface area contributed by atoms with Gasteiger partial charge in [0.1, 0.15) is 12.4 Å². The molecule has 0 amide bonds. The summed E-state index contributed by atoms with van der Waals surface area (Å²) >= 11 is 0. The summed E-state index contributed by atoms with van der Waals surface area (Å²) < 4.78 is 17.9. The molecule has 0 aliphatic carbocycles. The van der Waals surface area contributed by atoms with E-state index in [2.05, 4.69) is 76.9 Å². The van der Waals surface area contributed by atoms with Crippen LogP contribution in [0.2, 0.25) is 0 Å². The molecule has 2 aromatic rings. The Balaban J connectivity index is 1.47. The number of rotatable bonds is 16. The number of aromatic nitrogens is 1. The Morgan fingerprint density at radius 1 is 1.10 bits per heavy atom. The van der Waals surface area contributed by atoms with Crippen LogP contribution in [0, 0.1) is 0 Å². The SMILES string of the molecule is C=CCCOc1cc(C2C(CC)=CNC(Nc3ccc(OCCN4CCCC4)c(COCC=C)c3)N2C)ccn1. The highest BCUT2D eigenvalue weighted by molar-refractivity contribution is 5.52. The third-order valence-corrected chi connectivity index (χ3v) is 7.37. The van der Waals surface area contributed by atoms with E-state index in [1.807, 2.05) is 24.4 Å². The summed E-state index contributed by atoms with van der Waals surface area (Å²) in [6.45, 7) is 15.2. The van der Waals surface area contributed by atoms with E-state index in [9.17, 15) is 0 Å². The third kappa shape index (κ3) is 8.10. The minimum Gasteiger partial charge on any atom is -0.492 e. The molecule has 0 spiro atoms. The number of ether oxygens (including phenoxy) is 3. The highest BCUT2D eigenvalue weighted by Crippen LogP contribution is 2.34. The van der Waals surface area contributed by atoms with Gasteiger partial charge in [0.2, 0.25) is 5.88 Å². The van der Waals surface area contributed by atoms with Gasteiger partial charge in [-0.2, -0.15) is 0 Å². The molecule has 2 unspecified atom stereocenters. The molecule has 4 rings (SSSR count). The van der Waals surface area contributed by atoms with E-state index < -0.39 is 0 Å². The molecule has 0 saturated carbocycles. The van der Waals surface area contributed by atoms with E-state index >= 15 is 0 Å². The lowest BCUT2D eigenvalue weighted by Gasteiger charge is -2.41. The molecule has 8 heteroatoms. The molecular formula is C32H45N5O3. The van der Waals surface area contributed by atoms with Gasteiger partial charge in [-0.1, -0.05) is 19.1 Å². The van der Waals surface area contributed by atoms with Crippen molar-refractivity contribution in [2.75, 3.05) is 51.8 Å². The zero-order valence-electron chi connectivity index (χ0n) is 24.1. The molecule has 0 bridgehead atoms. The molecule has 8 nitrogen and oxygen atoms in total. The summed E-state index contributed by atoms with van der Waals surface area (Å²) in [5.41, 5.74) is 4.45. The second kappa shape index (κ2) is 15.5. The first-order valence-corrected chi connectivity index (χ1v) is 14.4. The summed E-state index contributed by atoms with van der Waals surface area (Å²) in [6.07, 6.45) is 11.7.